The topological polar surface area (TPSA) is 8.17 Å². The third-order valence-corrected chi connectivity index (χ3v) is 17.6. The van der Waals surface area contributed by atoms with Crippen LogP contribution in [0.4, 0.5) is 17.1 Å². The molecule has 0 bridgehead atoms. The molecule has 16 rings (SSSR count). The molecule has 12 aromatic carbocycles. The zero-order valence-electron chi connectivity index (χ0n) is 43.5. The Kier molecular flexibility index (Phi) is 9.63. The van der Waals surface area contributed by atoms with Gasteiger partial charge in [-0.25, -0.2) is 0 Å². The van der Waals surface area contributed by atoms with Crippen LogP contribution in [0.2, 0.25) is 0 Å². The molecule has 13 aromatic rings. The lowest BCUT2D eigenvalue weighted by Gasteiger charge is -2.31. The van der Waals surface area contributed by atoms with E-state index in [2.05, 4.69) is 302 Å². The summed E-state index contributed by atoms with van der Waals surface area (Å²) in [6.45, 7) is 4.75. The molecule has 0 saturated carbocycles. The Morgan fingerprint density at radius 3 is 1.54 bits per heavy atom. The van der Waals surface area contributed by atoms with Crippen molar-refractivity contribution in [2.75, 3.05) is 4.90 Å². The number of hydrogen-bond donors (Lipinski definition) is 0. The molecule has 1 spiro atoms. The van der Waals surface area contributed by atoms with Crippen molar-refractivity contribution in [1.82, 2.24) is 4.57 Å². The number of benzene rings is 12. The molecule has 3 aliphatic carbocycles. The minimum atomic E-state index is -0.556. The van der Waals surface area contributed by atoms with Gasteiger partial charge in [0, 0.05) is 38.9 Å². The SMILES string of the molecule is CC1(C)c2ccccc2-c2ccc(N(c3ccc(-c4ccccc4)cc3)c3cc(-c4ccccc4)cc(-c4ccc5c(c4)C4(c6ccccc6-5)c5ccccc5-c5c4ccc4c5c5ccccc5n4-c4ccccc4)c3)cc21. The Balaban J connectivity index is 0.929. The Hall–Kier alpha value is -9.76. The summed E-state index contributed by atoms with van der Waals surface area (Å²) in [6, 6.07) is 104. The van der Waals surface area contributed by atoms with Gasteiger partial charge in [0.15, 0.2) is 0 Å². The van der Waals surface area contributed by atoms with Gasteiger partial charge in [-0.2, -0.15) is 0 Å². The Morgan fingerprint density at radius 1 is 0.295 bits per heavy atom. The molecule has 1 heterocycles. The number of aromatic nitrogens is 1. The first-order valence-corrected chi connectivity index (χ1v) is 27.3. The molecule has 1 atom stereocenters. The molecule has 0 radical (unpaired) electrons. The number of anilines is 3. The van der Waals surface area contributed by atoms with Crippen molar-refractivity contribution in [3.8, 4) is 72.4 Å². The van der Waals surface area contributed by atoms with Gasteiger partial charge in [0.2, 0.25) is 0 Å². The minimum absolute atomic E-state index is 0.165. The van der Waals surface area contributed by atoms with Crippen LogP contribution in [-0.4, -0.2) is 4.57 Å². The van der Waals surface area contributed by atoms with Gasteiger partial charge in [-0.1, -0.05) is 220 Å². The maximum Gasteiger partial charge on any atom is 0.0726 e. The van der Waals surface area contributed by atoms with Crippen molar-refractivity contribution < 1.29 is 0 Å². The Morgan fingerprint density at radius 2 is 0.808 bits per heavy atom. The zero-order valence-corrected chi connectivity index (χ0v) is 43.5. The average Bonchev–Trinajstić information content (AvgIpc) is 4.37. The van der Waals surface area contributed by atoms with E-state index in [4.69, 9.17) is 0 Å². The highest BCUT2D eigenvalue weighted by atomic mass is 15.1. The molecule has 3 aliphatic rings. The number of fused-ring (bicyclic) bond motifs is 17. The van der Waals surface area contributed by atoms with Gasteiger partial charge < -0.3 is 9.47 Å². The highest BCUT2D eigenvalue weighted by molar-refractivity contribution is 6.19. The van der Waals surface area contributed by atoms with Gasteiger partial charge >= 0.3 is 0 Å². The second-order valence-electron chi connectivity index (χ2n) is 22.0. The molecule has 1 unspecified atom stereocenters. The van der Waals surface area contributed by atoms with Crippen molar-refractivity contribution in [2.45, 2.75) is 24.7 Å². The minimum Gasteiger partial charge on any atom is -0.310 e. The first-order valence-electron chi connectivity index (χ1n) is 27.3. The Bertz CT molecular complexity index is 4560. The van der Waals surface area contributed by atoms with Crippen molar-refractivity contribution >= 4 is 38.9 Å². The van der Waals surface area contributed by atoms with Crippen molar-refractivity contribution in [3.05, 3.63) is 312 Å². The number of nitrogens with zero attached hydrogens (tertiary/aromatic N) is 2. The van der Waals surface area contributed by atoms with Crippen LogP contribution in [0.3, 0.4) is 0 Å². The summed E-state index contributed by atoms with van der Waals surface area (Å²) in [5, 5.41) is 2.57. The summed E-state index contributed by atoms with van der Waals surface area (Å²) in [6.07, 6.45) is 0. The monoisotopic (exact) mass is 992 g/mol. The van der Waals surface area contributed by atoms with E-state index in [1.54, 1.807) is 0 Å². The maximum atomic E-state index is 2.54. The molecular weight excluding hydrogens is 941 g/mol. The van der Waals surface area contributed by atoms with E-state index in [9.17, 15) is 0 Å². The van der Waals surface area contributed by atoms with E-state index in [-0.39, 0.29) is 5.41 Å². The molecule has 0 saturated heterocycles. The third kappa shape index (κ3) is 6.32. The molecule has 0 aliphatic heterocycles. The summed E-state index contributed by atoms with van der Waals surface area (Å²) in [7, 11) is 0. The summed E-state index contributed by atoms with van der Waals surface area (Å²) in [5.41, 5.74) is 29.1. The zero-order chi connectivity index (χ0) is 51.7. The number of rotatable bonds is 7. The predicted octanol–water partition coefficient (Wildman–Crippen LogP) is 19.9. The predicted molar refractivity (Wildman–Crippen MR) is 326 cm³/mol. The van der Waals surface area contributed by atoms with Crippen molar-refractivity contribution in [2.24, 2.45) is 0 Å². The second kappa shape index (κ2) is 16.9. The molecule has 78 heavy (non-hydrogen) atoms. The van der Waals surface area contributed by atoms with Gasteiger partial charge in [-0.05, 0) is 173 Å². The molecule has 2 heteroatoms. The summed E-state index contributed by atoms with van der Waals surface area (Å²) in [5.74, 6) is 0. The van der Waals surface area contributed by atoms with Crippen LogP contribution in [0.1, 0.15) is 47.2 Å². The third-order valence-electron chi connectivity index (χ3n) is 17.6. The van der Waals surface area contributed by atoms with Crippen LogP contribution in [0.5, 0.6) is 0 Å². The quantitative estimate of drug-likeness (QED) is 0.154. The van der Waals surface area contributed by atoms with Gasteiger partial charge in [0.05, 0.1) is 16.4 Å². The van der Waals surface area contributed by atoms with Crippen molar-refractivity contribution in [1.29, 1.82) is 0 Å². The first-order chi connectivity index (χ1) is 38.4. The number of hydrogen-bond acceptors (Lipinski definition) is 1. The molecule has 1 aromatic heterocycles. The molecular formula is C76H52N2. The molecule has 366 valence electrons. The fourth-order valence-electron chi connectivity index (χ4n) is 14.1. The lowest BCUT2D eigenvalue weighted by molar-refractivity contribution is 0.660. The van der Waals surface area contributed by atoms with E-state index < -0.39 is 5.41 Å². The lowest BCUT2D eigenvalue weighted by Crippen LogP contribution is -2.25. The molecule has 0 amide bonds. The van der Waals surface area contributed by atoms with E-state index in [1.807, 2.05) is 0 Å². The van der Waals surface area contributed by atoms with Crippen LogP contribution in [0.15, 0.2) is 279 Å². The van der Waals surface area contributed by atoms with Gasteiger partial charge in [-0.3, -0.25) is 0 Å². The normalized spacial score (nSPS) is 14.9. The highest BCUT2D eigenvalue weighted by Crippen LogP contribution is 2.65. The lowest BCUT2D eigenvalue weighted by atomic mass is 9.70. The summed E-state index contributed by atoms with van der Waals surface area (Å²) in [4.78, 5) is 2.48. The van der Waals surface area contributed by atoms with Crippen LogP contribution in [0.25, 0.3) is 94.3 Å². The van der Waals surface area contributed by atoms with E-state index in [0.717, 1.165) is 33.9 Å². The van der Waals surface area contributed by atoms with Crippen LogP contribution < -0.4 is 4.90 Å². The smallest absolute Gasteiger partial charge is 0.0726 e. The standard InChI is InChI=1S/C76H52N2/c1-75(2)65-30-16-12-26-59(65)61-41-39-57(48-69(61)75)77(56-37-34-51(35-38-56)49-20-6-3-7-21-49)58-45-53(50-22-8-4-9-23-50)44-54(46-58)52-36-40-62-60-27-13-17-31-66(60)76(70(62)47-52)67-32-18-14-28-63(67)73-68(76)42-43-72-74(73)64-29-15-19-33-71(64)78(72)55-24-10-5-11-25-55/h3-48H,1-2H3. The first kappa shape index (κ1) is 44.5. The maximum absolute atomic E-state index is 2.54. The number of para-hydroxylation sites is 2. The van der Waals surface area contributed by atoms with Crippen molar-refractivity contribution in [3.63, 3.8) is 0 Å². The fourth-order valence-corrected chi connectivity index (χ4v) is 14.1. The largest absolute Gasteiger partial charge is 0.310 e. The molecule has 0 fully saturated rings. The van der Waals surface area contributed by atoms with Crippen LogP contribution in [0, 0.1) is 0 Å². The summed E-state index contributed by atoms with van der Waals surface area (Å²) < 4.78 is 2.45. The highest BCUT2D eigenvalue weighted by Gasteiger charge is 2.52. The van der Waals surface area contributed by atoms with Gasteiger partial charge in [0.25, 0.3) is 0 Å². The average molecular weight is 993 g/mol. The van der Waals surface area contributed by atoms with Crippen LogP contribution in [-0.2, 0) is 10.8 Å². The van der Waals surface area contributed by atoms with Crippen LogP contribution >= 0.6 is 0 Å². The molecule has 2 nitrogen and oxygen atoms in total. The van der Waals surface area contributed by atoms with E-state index >= 15 is 0 Å². The fraction of sp³-hybridized carbons (Fsp3) is 0.0526. The Labute approximate surface area is 455 Å². The van der Waals surface area contributed by atoms with Gasteiger partial charge in [0.1, 0.15) is 0 Å². The summed E-state index contributed by atoms with van der Waals surface area (Å²) >= 11 is 0. The van der Waals surface area contributed by atoms with Gasteiger partial charge in [-0.15, -0.1) is 0 Å². The van der Waals surface area contributed by atoms with E-state index in [0.29, 0.717) is 0 Å². The van der Waals surface area contributed by atoms with E-state index in [1.165, 1.54) is 111 Å². The molecule has 0 N–H and O–H groups in total. The second-order valence-corrected chi connectivity index (χ2v) is 22.0.